The minimum atomic E-state index is -4.39. The van der Waals surface area contributed by atoms with Crippen LogP contribution in [0.4, 0.5) is 37.7 Å². The number of aromatic nitrogens is 4. The molecular formula is C36H26F6N6O3S2. The number of amides is 2. The van der Waals surface area contributed by atoms with Crippen LogP contribution in [0.3, 0.4) is 0 Å². The van der Waals surface area contributed by atoms with Gasteiger partial charge in [-0.15, -0.1) is 0 Å². The van der Waals surface area contributed by atoms with Crippen LogP contribution >= 0.6 is 22.7 Å². The summed E-state index contributed by atoms with van der Waals surface area (Å²) in [6.07, 6.45) is -2.92. The zero-order chi connectivity index (χ0) is 38.5. The number of anilines is 2. The first-order valence-corrected chi connectivity index (χ1v) is 16.9. The second-order valence-electron chi connectivity index (χ2n) is 11.3. The van der Waals surface area contributed by atoms with Crippen molar-refractivity contribution in [1.29, 1.82) is 0 Å². The first kappa shape index (κ1) is 38.4. The van der Waals surface area contributed by atoms with E-state index in [0.29, 0.717) is 71.9 Å². The van der Waals surface area contributed by atoms with Crippen molar-refractivity contribution in [2.75, 3.05) is 10.6 Å². The Kier molecular flexibility index (Phi) is 11.5. The summed E-state index contributed by atoms with van der Waals surface area (Å²) in [7, 11) is 0. The second-order valence-corrected chi connectivity index (χ2v) is 13.5. The highest BCUT2D eigenvalue weighted by Gasteiger charge is 2.23. The number of rotatable bonds is 7. The van der Waals surface area contributed by atoms with Crippen LogP contribution in [-0.2, 0) is 0 Å². The van der Waals surface area contributed by atoms with Crippen molar-refractivity contribution in [3.63, 3.8) is 0 Å². The number of hydrogen-bond acceptors (Lipinski definition) is 9. The first-order chi connectivity index (χ1) is 25.0. The molecule has 2 N–H and O–H groups in total. The number of carbonyl (C=O) groups is 3. The van der Waals surface area contributed by atoms with E-state index in [2.05, 4.69) is 30.6 Å². The Morgan fingerprint density at radius 2 is 1.11 bits per heavy atom. The van der Waals surface area contributed by atoms with Crippen molar-refractivity contribution in [2.45, 2.75) is 33.1 Å². The number of alkyl halides is 6. The SMILES string of the molecule is Cc1cc(/C=C/C(F)(F)F)ccc1C(=O)Nc1cnc2sc(C=O)nc2c1.Cc1nc2cc(NC(=O)c3ccc(/C=C/C(F)(F)F)cc3C)cnc2s1. The number of pyridine rings is 2. The molecule has 53 heavy (non-hydrogen) atoms. The summed E-state index contributed by atoms with van der Waals surface area (Å²) in [6.45, 7) is 5.19. The topological polar surface area (TPSA) is 127 Å². The highest BCUT2D eigenvalue weighted by Crippen LogP contribution is 2.25. The van der Waals surface area contributed by atoms with Gasteiger partial charge in [0, 0.05) is 23.3 Å². The average molecular weight is 769 g/mol. The Labute approximate surface area is 305 Å². The summed E-state index contributed by atoms with van der Waals surface area (Å²) in [6, 6.07) is 12.2. The molecule has 272 valence electrons. The van der Waals surface area contributed by atoms with E-state index in [9.17, 15) is 40.7 Å². The summed E-state index contributed by atoms with van der Waals surface area (Å²) in [5.74, 6) is -0.784. The third-order valence-corrected chi connectivity index (χ3v) is 8.95. The van der Waals surface area contributed by atoms with Gasteiger partial charge in [0.2, 0.25) is 0 Å². The molecule has 6 aromatic rings. The molecule has 4 heterocycles. The molecule has 0 aliphatic rings. The maximum absolute atomic E-state index is 12.4. The minimum Gasteiger partial charge on any atom is -0.321 e. The molecular weight excluding hydrogens is 743 g/mol. The minimum absolute atomic E-state index is 0.143. The Hall–Kier alpha value is -5.81. The molecule has 0 atom stereocenters. The van der Waals surface area contributed by atoms with Crippen molar-refractivity contribution < 1.29 is 40.7 Å². The molecule has 0 saturated heterocycles. The van der Waals surface area contributed by atoms with E-state index in [4.69, 9.17) is 0 Å². The molecule has 0 fully saturated rings. The number of carbonyl (C=O) groups excluding carboxylic acids is 3. The molecule has 2 amide bonds. The number of aryl methyl sites for hydroxylation is 3. The van der Waals surface area contributed by atoms with Crippen LogP contribution in [0.25, 0.3) is 32.8 Å². The van der Waals surface area contributed by atoms with Gasteiger partial charge in [0.1, 0.15) is 20.7 Å². The van der Waals surface area contributed by atoms with Gasteiger partial charge in [-0.3, -0.25) is 14.4 Å². The van der Waals surface area contributed by atoms with Gasteiger partial charge in [-0.25, -0.2) is 19.9 Å². The van der Waals surface area contributed by atoms with Gasteiger partial charge in [0.25, 0.3) is 11.8 Å². The molecule has 2 aromatic carbocycles. The van der Waals surface area contributed by atoms with Gasteiger partial charge < -0.3 is 10.6 Å². The lowest BCUT2D eigenvalue weighted by atomic mass is 10.0. The van der Waals surface area contributed by atoms with Crippen LogP contribution < -0.4 is 10.6 Å². The number of allylic oxidation sites excluding steroid dienone is 2. The monoisotopic (exact) mass is 768 g/mol. The van der Waals surface area contributed by atoms with Crippen molar-refractivity contribution in [1.82, 2.24) is 19.9 Å². The molecule has 0 aliphatic carbocycles. The molecule has 0 radical (unpaired) electrons. The van der Waals surface area contributed by atoms with Gasteiger partial charge in [-0.05, 0) is 67.3 Å². The Morgan fingerprint density at radius 3 is 1.55 bits per heavy atom. The van der Waals surface area contributed by atoms with Crippen LogP contribution in [0.15, 0.2) is 73.1 Å². The summed E-state index contributed by atoms with van der Waals surface area (Å²) in [5.41, 5.74) is 4.62. The smallest absolute Gasteiger partial charge is 0.321 e. The van der Waals surface area contributed by atoms with Crippen molar-refractivity contribution in [3.05, 3.63) is 116 Å². The fourth-order valence-corrected chi connectivity index (χ4v) is 6.27. The van der Waals surface area contributed by atoms with Crippen LogP contribution in [0.5, 0.6) is 0 Å². The summed E-state index contributed by atoms with van der Waals surface area (Å²) < 4.78 is 73.5. The van der Waals surface area contributed by atoms with Crippen LogP contribution in [0, 0.1) is 20.8 Å². The van der Waals surface area contributed by atoms with Crippen molar-refractivity contribution in [3.8, 4) is 0 Å². The number of hydrogen-bond donors (Lipinski definition) is 2. The fraction of sp³-hybridized carbons (Fsp3) is 0.139. The number of aldehydes is 1. The number of fused-ring (bicyclic) bond motifs is 2. The number of benzene rings is 2. The average Bonchev–Trinajstić information content (AvgIpc) is 3.67. The van der Waals surface area contributed by atoms with E-state index in [-0.39, 0.29) is 18.1 Å². The molecule has 0 unspecified atom stereocenters. The molecule has 9 nitrogen and oxygen atoms in total. The first-order valence-electron chi connectivity index (χ1n) is 15.3. The largest absolute Gasteiger partial charge is 0.409 e. The molecule has 0 spiro atoms. The molecule has 4 aromatic heterocycles. The lowest BCUT2D eigenvalue weighted by molar-refractivity contribution is -0.0800. The zero-order valence-corrected chi connectivity index (χ0v) is 29.4. The predicted octanol–water partition coefficient (Wildman–Crippen LogP) is 9.78. The number of nitrogens with zero attached hydrogens (tertiary/aromatic N) is 4. The Bertz CT molecular complexity index is 2400. The van der Waals surface area contributed by atoms with Crippen molar-refractivity contribution >= 4 is 85.0 Å². The third-order valence-electron chi connectivity index (χ3n) is 7.15. The number of halogens is 6. The van der Waals surface area contributed by atoms with E-state index < -0.39 is 18.3 Å². The second kappa shape index (κ2) is 15.8. The summed E-state index contributed by atoms with van der Waals surface area (Å²) >= 11 is 2.61. The molecule has 0 aliphatic heterocycles. The highest BCUT2D eigenvalue weighted by atomic mass is 32.1. The van der Waals surface area contributed by atoms with Crippen LogP contribution in [0.2, 0.25) is 0 Å². The third kappa shape index (κ3) is 10.6. The maximum atomic E-state index is 12.4. The van der Waals surface area contributed by atoms with E-state index in [1.54, 1.807) is 32.2 Å². The van der Waals surface area contributed by atoms with Crippen LogP contribution in [0.1, 0.15) is 57.8 Å². The Morgan fingerprint density at radius 1 is 0.660 bits per heavy atom. The van der Waals surface area contributed by atoms with E-state index in [1.165, 1.54) is 53.9 Å². The lowest BCUT2D eigenvalue weighted by Crippen LogP contribution is -2.13. The molecule has 0 saturated carbocycles. The molecule has 0 bridgehead atoms. The predicted molar refractivity (Wildman–Crippen MR) is 193 cm³/mol. The fourth-order valence-electron chi connectivity index (χ4n) is 4.83. The van der Waals surface area contributed by atoms with Gasteiger partial charge in [-0.1, -0.05) is 59.1 Å². The van der Waals surface area contributed by atoms with Gasteiger partial charge in [0.05, 0.1) is 28.8 Å². The molecule has 17 heteroatoms. The highest BCUT2D eigenvalue weighted by molar-refractivity contribution is 7.19. The van der Waals surface area contributed by atoms with Crippen molar-refractivity contribution in [2.24, 2.45) is 0 Å². The van der Waals surface area contributed by atoms with Crippen LogP contribution in [-0.4, -0.2) is 50.4 Å². The van der Waals surface area contributed by atoms with Gasteiger partial charge in [-0.2, -0.15) is 26.3 Å². The van der Waals surface area contributed by atoms with Gasteiger partial charge in [0.15, 0.2) is 11.3 Å². The summed E-state index contributed by atoms with van der Waals surface area (Å²) in [4.78, 5) is 53.9. The van der Waals surface area contributed by atoms with Gasteiger partial charge >= 0.3 is 12.4 Å². The number of nitrogens with one attached hydrogen (secondary N) is 2. The lowest BCUT2D eigenvalue weighted by Gasteiger charge is -2.08. The Balaban J connectivity index is 0.000000204. The zero-order valence-electron chi connectivity index (χ0n) is 27.8. The quantitative estimate of drug-likeness (QED) is 0.122. The number of thiazole rings is 2. The normalized spacial score (nSPS) is 11.9. The summed E-state index contributed by atoms with van der Waals surface area (Å²) in [5, 5.41) is 6.59. The molecule has 6 rings (SSSR count). The standard InChI is InChI=1S/C18H12F3N3O2S.C18H14F3N3OS/c1-10-6-11(4-5-18(19,20)21)2-3-13(10)16(26)23-12-7-14-17(22-8-12)27-15(9-25)24-14;1-10-7-12(5-6-18(19,20)21)3-4-14(10)16(25)24-13-8-15-17(22-9-13)26-11(2)23-15/h2-9H,1H3,(H,23,26);3-9H,1-2H3,(H,24,25)/b5-4+;6-5+. The van der Waals surface area contributed by atoms with E-state index >= 15 is 0 Å². The van der Waals surface area contributed by atoms with E-state index in [1.807, 2.05) is 6.92 Å². The van der Waals surface area contributed by atoms with E-state index in [0.717, 1.165) is 33.3 Å². The maximum Gasteiger partial charge on any atom is 0.409 e.